The second kappa shape index (κ2) is 7.06. The van der Waals surface area contributed by atoms with Crippen LogP contribution in [0.4, 0.5) is 0 Å². The van der Waals surface area contributed by atoms with Crippen molar-refractivity contribution in [3.63, 3.8) is 0 Å². The fourth-order valence-electron chi connectivity index (χ4n) is 3.73. The van der Waals surface area contributed by atoms with Gasteiger partial charge in [-0.2, -0.15) is 0 Å². The average Bonchev–Trinajstić information content (AvgIpc) is 2.36. The molecule has 2 rings (SSSR count). The van der Waals surface area contributed by atoms with Crippen molar-refractivity contribution in [2.24, 2.45) is 29.6 Å². The van der Waals surface area contributed by atoms with Crippen molar-refractivity contribution in [1.29, 1.82) is 0 Å². The van der Waals surface area contributed by atoms with Gasteiger partial charge in [0.05, 0.1) is 0 Å². The minimum atomic E-state index is -0.907. The van der Waals surface area contributed by atoms with Crippen molar-refractivity contribution < 1.29 is 44.3 Å². The topological polar surface area (TPSA) is 57.2 Å². The van der Waals surface area contributed by atoms with Crippen LogP contribution < -0.4 is 34.7 Å². The number of aldehydes is 1. The smallest absolute Gasteiger partial charge is 0.550 e. The Bertz CT molecular complexity index is 305. The molecular formula is C14H21NaO3. The van der Waals surface area contributed by atoms with Crippen LogP contribution in [0.1, 0.15) is 45.4 Å². The van der Waals surface area contributed by atoms with Gasteiger partial charge in [-0.15, -0.1) is 0 Å². The minimum Gasteiger partial charge on any atom is -0.550 e. The van der Waals surface area contributed by atoms with Crippen molar-refractivity contribution in [1.82, 2.24) is 0 Å². The van der Waals surface area contributed by atoms with E-state index < -0.39 is 5.97 Å². The van der Waals surface area contributed by atoms with Crippen LogP contribution in [0, 0.1) is 29.6 Å². The molecule has 2 aliphatic carbocycles. The van der Waals surface area contributed by atoms with Gasteiger partial charge in [0.15, 0.2) is 0 Å². The summed E-state index contributed by atoms with van der Waals surface area (Å²) >= 11 is 0. The van der Waals surface area contributed by atoms with E-state index in [4.69, 9.17) is 0 Å². The van der Waals surface area contributed by atoms with E-state index in [1.807, 2.05) is 0 Å². The Balaban J connectivity index is 0.00000162. The van der Waals surface area contributed by atoms with E-state index in [0.717, 1.165) is 44.8 Å². The molecule has 0 radical (unpaired) electrons. The molecule has 2 saturated carbocycles. The van der Waals surface area contributed by atoms with Crippen LogP contribution in [-0.2, 0) is 9.59 Å². The Morgan fingerprint density at radius 1 is 1.17 bits per heavy atom. The molecule has 0 bridgehead atoms. The summed E-state index contributed by atoms with van der Waals surface area (Å²) in [5, 5.41) is 10.9. The number of carbonyl (C=O) groups is 2. The van der Waals surface area contributed by atoms with Crippen LogP contribution in [-0.4, -0.2) is 12.3 Å². The molecule has 0 aromatic heterocycles. The molecule has 0 spiro atoms. The number of carboxylic acid groups (broad SMARTS) is 1. The first-order valence-corrected chi connectivity index (χ1v) is 6.78. The molecule has 5 unspecified atom stereocenters. The van der Waals surface area contributed by atoms with Gasteiger partial charge in [0.1, 0.15) is 6.29 Å². The summed E-state index contributed by atoms with van der Waals surface area (Å²) in [5.74, 6) is 0.617. The number of carboxylic acids is 1. The third-order valence-electron chi connectivity index (χ3n) is 4.97. The van der Waals surface area contributed by atoms with Crippen molar-refractivity contribution in [2.45, 2.75) is 45.4 Å². The van der Waals surface area contributed by atoms with Crippen LogP contribution in [0.25, 0.3) is 0 Å². The molecule has 0 heterocycles. The summed E-state index contributed by atoms with van der Waals surface area (Å²) in [6, 6.07) is 0. The maximum absolute atomic E-state index is 10.9. The monoisotopic (exact) mass is 260 g/mol. The van der Waals surface area contributed by atoms with Crippen molar-refractivity contribution in [3.05, 3.63) is 0 Å². The van der Waals surface area contributed by atoms with E-state index in [-0.39, 0.29) is 47.3 Å². The largest absolute Gasteiger partial charge is 1.00 e. The molecule has 0 aromatic carbocycles. The normalized spacial score (nSPS) is 36.9. The zero-order valence-electron chi connectivity index (χ0n) is 11.4. The fraction of sp³-hybridized carbons (Fsp3) is 0.857. The van der Waals surface area contributed by atoms with E-state index in [2.05, 4.69) is 0 Å². The SMILES string of the molecule is CC(C(=O)[O-])C1CCC2CC(C=O)CCC2C1.[Na+]. The summed E-state index contributed by atoms with van der Waals surface area (Å²) in [7, 11) is 0. The number of carbonyl (C=O) groups excluding carboxylic acids is 2. The molecule has 3 nitrogen and oxygen atoms in total. The van der Waals surface area contributed by atoms with Gasteiger partial charge in [-0.05, 0) is 62.2 Å². The quantitative estimate of drug-likeness (QED) is 0.454. The van der Waals surface area contributed by atoms with E-state index >= 15 is 0 Å². The van der Waals surface area contributed by atoms with Gasteiger partial charge >= 0.3 is 29.6 Å². The van der Waals surface area contributed by atoms with Crippen LogP contribution in [0.3, 0.4) is 0 Å². The molecule has 18 heavy (non-hydrogen) atoms. The van der Waals surface area contributed by atoms with E-state index in [1.54, 1.807) is 6.92 Å². The number of fused-ring (bicyclic) bond motifs is 1. The third-order valence-corrected chi connectivity index (χ3v) is 4.97. The molecular weight excluding hydrogens is 239 g/mol. The van der Waals surface area contributed by atoms with E-state index in [9.17, 15) is 14.7 Å². The summed E-state index contributed by atoms with van der Waals surface area (Å²) in [4.78, 5) is 21.7. The molecule has 0 aliphatic heterocycles. The van der Waals surface area contributed by atoms with Crippen molar-refractivity contribution >= 4 is 12.3 Å². The molecule has 5 atom stereocenters. The number of rotatable bonds is 3. The molecule has 2 fully saturated rings. The fourth-order valence-corrected chi connectivity index (χ4v) is 3.73. The molecule has 0 amide bonds. The van der Waals surface area contributed by atoms with Crippen molar-refractivity contribution in [2.75, 3.05) is 0 Å². The number of hydrogen-bond acceptors (Lipinski definition) is 3. The van der Waals surface area contributed by atoms with Gasteiger partial charge in [0.2, 0.25) is 0 Å². The summed E-state index contributed by atoms with van der Waals surface area (Å²) in [6.45, 7) is 1.78. The summed E-state index contributed by atoms with van der Waals surface area (Å²) < 4.78 is 0. The Labute approximate surface area is 131 Å². The number of hydrogen-bond donors (Lipinski definition) is 0. The Morgan fingerprint density at radius 3 is 2.39 bits per heavy atom. The van der Waals surface area contributed by atoms with E-state index in [0.29, 0.717) is 11.8 Å². The standard InChI is InChI=1S/C14H22O3.Na/c1-9(14(16)17)11-4-5-12-6-10(8-15)2-3-13(12)7-11;/h8-13H,2-7H2,1H3,(H,16,17);/q;+1/p-1. The molecule has 0 aromatic rings. The predicted molar refractivity (Wildman–Crippen MR) is 61.9 cm³/mol. The van der Waals surface area contributed by atoms with Crippen LogP contribution in [0.2, 0.25) is 0 Å². The molecule has 0 N–H and O–H groups in total. The predicted octanol–water partition coefficient (Wildman–Crippen LogP) is -1.59. The Hall–Kier alpha value is 0.140. The van der Waals surface area contributed by atoms with Crippen molar-refractivity contribution in [3.8, 4) is 0 Å². The maximum Gasteiger partial charge on any atom is 1.00 e. The van der Waals surface area contributed by atoms with E-state index in [1.165, 1.54) is 0 Å². The molecule has 2 aliphatic rings. The Kier molecular flexibility index (Phi) is 6.36. The first-order valence-electron chi connectivity index (χ1n) is 6.78. The molecule has 96 valence electrons. The van der Waals surface area contributed by atoms with Gasteiger partial charge < -0.3 is 14.7 Å². The first-order chi connectivity index (χ1) is 8.11. The van der Waals surface area contributed by atoms with Gasteiger partial charge in [-0.3, -0.25) is 0 Å². The summed E-state index contributed by atoms with van der Waals surface area (Å²) in [6.07, 6.45) is 7.33. The molecule has 4 heteroatoms. The first kappa shape index (κ1) is 16.2. The van der Waals surface area contributed by atoms with Crippen LogP contribution in [0.5, 0.6) is 0 Å². The molecule has 0 saturated heterocycles. The van der Waals surface area contributed by atoms with Gasteiger partial charge in [-0.1, -0.05) is 6.92 Å². The zero-order chi connectivity index (χ0) is 12.4. The van der Waals surface area contributed by atoms with Gasteiger partial charge in [0.25, 0.3) is 0 Å². The van der Waals surface area contributed by atoms with Gasteiger partial charge in [-0.25, -0.2) is 0 Å². The second-order valence-electron chi connectivity index (χ2n) is 5.91. The second-order valence-corrected chi connectivity index (χ2v) is 5.91. The number of aliphatic carboxylic acids is 1. The van der Waals surface area contributed by atoms with Gasteiger partial charge in [0, 0.05) is 11.9 Å². The zero-order valence-corrected chi connectivity index (χ0v) is 13.4. The average molecular weight is 260 g/mol. The Morgan fingerprint density at radius 2 is 1.78 bits per heavy atom. The van der Waals surface area contributed by atoms with Crippen LogP contribution >= 0.6 is 0 Å². The minimum absolute atomic E-state index is 0. The maximum atomic E-state index is 10.9. The third kappa shape index (κ3) is 3.58. The summed E-state index contributed by atoms with van der Waals surface area (Å²) in [5.41, 5.74) is 0. The van der Waals surface area contributed by atoms with Crippen LogP contribution in [0.15, 0.2) is 0 Å².